The van der Waals surface area contributed by atoms with Gasteiger partial charge in [-0.05, 0) is 18.6 Å². The molecule has 19 heavy (non-hydrogen) atoms. The molecule has 0 fully saturated rings. The molecular formula is C12H15Cl2N3O2. The highest BCUT2D eigenvalue weighted by Gasteiger charge is 2.19. The van der Waals surface area contributed by atoms with Crippen molar-refractivity contribution in [2.75, 3.05) is 20.1 Å². The number of aromatic nitrogens is 1. The molecular weight excluding hydrogens is 289 g/mol. The smallest absolute Gasteiger partial charge is 0.274 e. The molecule has 1 aromatic heterocycles. The predicted octanol–water partition coefficient (Wildman–Crippen LogP) is 1.99. The molecule has 0 aliphatic carbocycles. The molecule has 0 bridgehead atoms. The summed E-state index contributed by atoms with van der Waals surface area (Å²) in [6.45, 7) is 2.48. The number of hydrogen-bond donors (Lipinski definition) is 1. The van der Waals surface area contributed by atoms with Crippen molar-refractivity contribution >= 4 is 35.0 Å². The van der Waals surface area contributed by atoms with E-state index in [-0.39, 0.29) is 28.3 Å². The zero-order chi connectivity index (χ0) is 14.4. The predicted molar refractivity (Wildman–Crippen MR) is 74.5 cm³/mol. The van der Waals surface area contributed by atoms with E-state index in [1.54, 1.807) is 0 Å². The topological polar surface area (TPSA) is 62.3 Å². The minimum absolute atomic E-state index is 0.0416. The zero-order valence-corrected chi connectivity index (χ0v) is 12.3. The lowest BCUT2D eigenvalue weighted by atomic mass is 10.3. The van der Waals surface area contributed by atoms with Crippen LogP contribution in [-0.4, -0.2) is 41.8 Å². The number of halogens is 2. The number of likely N-dealkylation sites (N-methyl/N-ethyl adjacent to an activating group) is 1. The lowest BCUT2D eigenvalue weighted by Gasteiger charge is -2.16. The van der Waals surface area contributed by atoms with E-state index in [0.717, 1.165) is 6.42 Å². The molecule has 0 unspecified atom stereocenters. The van der Waals surface area contributed by atoms with E-state index in [2.05, 4.69) is 10.3 Å². The third kappa shape index (κ3) is 4.69. The summed E-state index contributed by atoms with van der Waals surface area (Å²) in [7, 11) is 1.51. The number of nitrogens with one attached hydrogen (secondary N) is 1. The first kappa shape index (κ1) is 15.7. The SMILES string of the molecule is CCCNC(=O)CN(C)C(=O)c1nc(Cl)ccc1Cl. The average molecular weight is 304 g/mol. The number of carbonyl (C=O) groups is 2. The lowest BCUT2D eigenvalue weighted by molar-refractivity contribution is -0.121. The molecule has 0 aliphatic rings. The average Bonchev–Trinajstić information content (AvgIpc) is 2.38. The van der Waals surface area contributed by atoms with E-state index in [4.69, 9.17) is 23.2 Å². The maximum absolute atomic E-state index is 12.1. The Morgan fingerprint density at radius 1 is 1.37 bits per heavy atom. The fourth-order valence-electron chi connectivity index (χ4n) is 1.36. The highest BCUT2D eigenvalue weighted by Crippen LogP contribution is 2.18. The molecule has 0 radical (unpaired) electrons. The molecule has 1 aromatic rings. The van der Waals surface area contributed by atoms with Crippen LogP contribution >= 0.6 is 23.2 Å². The third-order valence-electron chi connectivity index (χ3n) is 2.31. The number of amides is 2. The second kappa shape index (κ2) is 7.31. The van der Waals surface area contributed by atoms with Gasteiger partial charge in [-0.25, -0.2) is 4.98 Å². The van der Waals surface area contributed by atoms with Gasteiger partial charge in [-0.2, -0.15) is 0 Å². The summed E-state index contributed by atoms with van der Waals surface area (Å²) in [6, 6.07) is 2.99. The molecule has 0 atom stereocenters. The summed E-state index contributed by atoms with van der Waals surface area (Å²) < 4.78 is 0. The van der Waals surface area contributed by atoms with Crippen LogP contribution in [0, 0.1) is 0 Å². The van der Waals surface area contributed by atoms with Crippen LogP contribution < -0.4 is 5.32 Å². The van der Waals surface area contributed by atoms with Crippen molar-refractivity contribution in [3.8, 4) is 0 Å². The number of carbonyl (C=O) groups excluding carboxylic acids is 2. The van der Waals surface area contributed by atoms with Crippen LogP contribution in [0.25, 0.3) is 0 Å². The Morgan fingerprint density at radius 2 is 2.05 bits per heavy atom. The van der Waals surface area contributed by atoms with Gasteiger partial charge in [0.2, 0.25) is 5.91 Å². The number of pyridine rings is 1. The Bertz CT molecular complexity index is 480. The summed E-state index contributed by atoms with van der Waals surface area (Å²) in [5.74, 6) is -0.671. The van der Waals surface area contributed by atoms with Gasteiger partial charge in [0, 0.05) is 13.6 Å². The minimum atomic E-state index is -0.445. The van der Waals surface area contributed by atoms with Crippen LogP contribution in [0.1, 0.15) is 23.8 Å². The molecule has 1 rings (SSSR count). The quantitative estimate of drug-likeness (QED) is 0.846. The maximum atomic E-state index is 12.1. The summed E-state index contributed by atoms with van der Waals surface area (Å²) >= 11 is 11.6. The van der Waals surface area contributed by atoms with Gasteiger partial charge in [0.05, 0.1) is 11.6 Å². The summed E-state index contributed by atoms with van der Waals surface area (Å²) in [5.41, 5.74) is 0.0416. The van der Waals surface area contributed by atoms with Crippen LogP contribution in [0.2, 0.25) is 10.2 Å². The van der Waals surface area contributed by atoms with Crippen molar-refractivity contribution < 1.29 is 9.59 Å². The molecule has 1 heterocycles. The van der Waals surface area contributed by atoms with Crippen LogP contribution in [0.5, 0.6) is 0 Å². The summed E-state index contributed by atoms with van der Waals surface area (Å²) in [4.78, 5) is 28.7. The largest absolute Gasteiger partial charge is 0.355 e. The van der Waals surface area contributed by atoms with Crippen LogP contribution in [0.4, 0.5) is 0 Å². The maximum Gasteiger partial charge on any atom is 0.274 e. The monoisotopic (exact) mass is 303 g/mol. The Morgan fingerprint density at radius 3 is 2.68 bits per heavy atom. The summed E-state index contributed by atoms with van der Waals surface area (Å²) in [5, 5.41) is 3.06. The van der Waals surface area contributed by atoms with E-state index in [0.29, 0.717) is 6.54 Å². The van der Waals surface area contributed by atoms with E-state index < -0.39 is 5.91 Å². The molecule has 0 saturated carbocycles. The second-order valence-electron chi connectivity index (χ2n) is 3.98. The molecule has 0 saturated heterocycles. The van der Waals surface area contributed by atoms with E-state index in [1.807, 2.05) is 6.92 Å². The van der Waals surface area contributed by atoms with E-state index >= 15 is 0 Å². The Hall–Kier alpha value is -1.33. The van der Waals surface area contributed by atoms with E-state index in [9.17, 15) is 9.59 Å². The molecule has 104 valence electrons. The van der Waals surface area contributed by atoms with Crippen molar-refractivity contribution in [2.45, 2.75) is 13.3 Å². The highest BCUT2D eigenvalue weighted by molar-refractivity contribution is 6.34. The molecule has 0 aliphatic heterocycles. The number of rotatable bonds is 5. The molecule has 0 aromatic carbocycles. The second-order valence-corrected chi connectivity index (χ2v) is 4.77. The Balaban J connectivity index is 2.71. The van der Waals surface area contributed by atoms with Gasteiger partial charge in [0.15, 0.2) is 0 Å². The van der Waals surface area contributed by atoms with Gasteiger partial charge >= 0.3 is 0 Å². The normalized spacial score (nSPS) is 10.1. The van der Waals surface area contributed by atoms with Gasteiger partial charge in [-0.1, -0.05) is 30.1 Å². The van der Waals surface area contributed by atoms with E-state index in [1.165, 1.54) is 24.1 Å². The molecule has 0 spiro atoms. The van der Waals surface area contributed by atoms with Crippen molar-refractivity contribution in [2.24, 2.45) is 0 Å². The fraction of sp³-hybridized carbons (Fsp3) is 0.417. The van der Waals surface area contributed by atoms with Crippen LogP contribution in [0.15, 0.2) is 12.1 Å². The molecule has 7 heteroatoms. The highest BCUT2D eigenvalue weighted by atomic mass is 35.5. The Kier molecular flexibility index (Phi) is 6.05. The van der Waals surface area contributed by atoms with Gasteiger partial charge < -0.3 is 10.2 Å². The van der Waals surface area contributed by atoms with Gasteiger partial charge in [-0.3, -0.25) is 9.59 Å². The van der Waals surface area contributed by atoms with Gasteiger partial charge in [0.25, 0.3) is 5.91 Å². The first-order valence-electron chi connectivity index (χ1n) is 5.80. The Labute approximate surface area is 121 Å². The number of hydrogen-bond acceptors (Lipinski definition) is 3. The molecule has 1 N–H and O–H groups in total. The van der Waals surface area contributed by atoms with Crippen molar-refractivity contribution in [3.63, 3.8) is 0 Å². The van der Waals surface area contributed by atoms with Crippen molar-refractivity contribution in [1.82, 2.24) is 15.2 Å². The minimum Gasteiger partial charge on any atom is -0.355 e. The fourth-order valence-corrected chi connectivity index (χ4v) is 1.69. The lowest BCUT2D eigenvalue weighted by Crippen LogP contribution is -2.39. The summed E-state index contributed by atoms with van der Waals surface area (Å²) in [6.07, 6.45) is 0.838. The standard InChI is InChI=1S/C12H15Cl2N3O2/c1-3-6-15-10(18)7-17(2)12(19)11-8(13)4-5-9(14)16-11/h4-5H,3,6-7H2,1-2H3,(H,15,18). The van der Waals surface area contributed by atoms with Gasteiger partial charge in [-0.15, -0.1) is 0 Å². The molecule has 5 nitrogen and oxygen atoms in total. The van der Waals surface area contributed by atoms with Crippen LogP contribution in [0.3, 0.4) is 0 Å². The molecule has 2 amide bonds. The third-order valence-corrected chi connectivity index (χ3v) is 2.83. The van der Waals surface area contributed by atoms with Crippen LogP contribution in [-0.2, 0) is 4.79 Å². The van der Waals surface area contributed by atoms with Crippen molar-refractivity contribution in [3.05, 3.63) is 28.0 Å². The number of nitrogens with zero attached hydrogens (tertiary/aromatic N) is 2. The van der Waals surface area contributed by atoms with Crippen molar-refractivity contribution in [1.29, 1.82) is 0 Å². The zero-order valence-electron chi connectivity index (χ0n) is 10.7. The first-order valence-corrected chi connectivity index (χ1v) is 6.55. The van der Waals surface area contributed by atoms with Gasteiger partial charge in [0.1, 0.15) is 10.8 Å². The first-order chi connectivity index (χ1) is 8.95.